The van der Waals surface area contributed by atoms with Gasteiger partial charge in [-0.3, -0.25) is 9.48 Å². The maximum Gasteiger partial charge on any atom is 0.264 e. The average Bonchev–Trinajstić information content (AvgIpc) is 3.27. The molecule has 0 spiro atoms. The third kappa shape index (κ3) is 4.00. The first-order valence-electron chi connectivity index (χ1n) is 9.44. The van der Waals surface area contributed by atoms with Crippen molar-refractivity contribution in [1.82, 2.24) is 24.5 Å². The van der Waals surface area contributed by atoms with Gasteiger partial charge in [0.25, 0.3) is 6.43 Å². The fourth-order valence-corrected chi connectivity index (χ4v) is 3.38. The van der Waals surface area contributed by atoms with Crippen LogP contribution in [-0.2, 0) is 18.4 Å². The first-order valence-corrected chi connectivity index (χ1v) is 9.44. The zero-order valence-electron chi connectivity index (χ0n) is 17.0. The Morgan fingerprint density at radius 1 is 1.23 bits per heavy atom. The van der Waals surface area contributed by atoms with Crippen LogP contribution in [0.4, 0.5) is 18.9 Å². The molecule has 1 N–H and O–H groups in total. The molecule has 0 aliphatic carbocycles. The van der Waals surface area contributed by atoms with Gasteiger partial charge in [0.05, 0.1) is 23.0 Å². The van der Waals surface area contributed by atoms with Crippen molar-refractivity contribution < 1.29 is 18.0 Å². The number of amides is 1. The van der Waals surface area contributed by atoms with Gasteiger partial charge in [-0.25, -0.2) is 22.8 Å². The van der Waals surface area contributed by atoms with Gasteiger partial charge in [0.2, 0.25) is 5.91 Å². The van der Waals surface area contributed by atoms with Crippen LogP contribution >= 0.6 is 0 Å². The summed E-state index contributed by atoms with van der Waals surface area (Å²) in [5.41, 5.74) is 1.91. The first kappa shape index (κ1) is 20.6. The number of benzene rings is 1. The maximum absolute atomic E-state index is 13.8. The highest BCUT2D eigenvalue weighted by molar-refractivity contribution is 5.92. The quantitative estimate of drug-likeness (QED) is 0.518. The molecule has 4 aromatic rings. The molecule has 10 heteroatoms. The van der Waals surface area contributed by atoms with E-state index >= 15 is 0 Å². The number of fused-ring (bicyclic) bond motifs is 1. The molecule has 0 atom stereocenters. The van der Waals surface area contributed by atoms with E-state index in [1.165, 1.54) is 23.0 Å². The molecule has 0 unspecified atom stereocenters. The van der Waals surface area contributed by atoms with Crippen molar-refractivity contribution in [3.05, 3.63) is 59.3 Å². The van der Waals surface area contributed by atoms with Crippen molar-refractivity contribution >= 4 is 22.6 Å². The molecule has 0 bridgehead atoms. The number of carbonyl (C=O) groups is 1. The highest BCUT2D eigenvalue weighted by Gasteiger charge is 2.22. The summed E-state index contributed by atoms with van der Waals surface area (Å²) in [5, 5.41) is 11.1. The Labute approximate surface area is 175 Å². The predicted molar refractivity (Wildman–Crippen MR) is 109 cm³/mol. The number of nitrogens with zero attached hydrogens (tertiary/aromatic N) is 5. The average molecular weight is 428 g/mol. The summed E-state index contributed by atoms with van der Waals surface area (Å²) in [7, 11) is 1.71. The summed E-state index contributed by atoms with van der Waals surface area (Å²) in [5.74, 6) is -0.928. The molecule has 0 aliphatic heterocycles. The standard InChI is InChI=1S/C21H19F3N6O/c1-11-4-5-14(6-16(11)22)26-18(31)10-30-21-19(12(2)28-30)15(20(23)24)7-17(27-21)13-8-25-29(3)9-13/h4-9,20H,10H2,1-3H3,(H,26,31). The highest BCUT2D eigenvalue weighted by Crippen LogP contribution is 2.33. The smallest absolute Gasteiger partial charge is 0.264 e. The van der Waals surface area contributed by atoms with E-state index in [-0.39, 0.29) is 23.1 Å². The second kappa shape index (κ2) is 7.86. The molecular weight excluding hydrogens is 409 g/mol. The molecule has 4 rings (SSSR count). The molecule has 0 radical (unpaired) electrons. The fourth-order valence-electron chi connectivity index (χ4n) is 3.38. The number of hydrogen-bond donors (Lipinski definition) is 1. The van der Waals surface area contributed by atoms with Crippen molar-refractivity contribution in [3.8, 4) is 11.3 Å². The van der Waals surface area contributed by atoms with Crippen LogP contribution in [0.2, 0.25) is 0 Å². The lowest BCUT2D eigenvalue weighted by atomic mass is 10.1. The van der Waals surface area contributed by atoms with E-state index in [0.29, 0.717) is 28.2 Å². The third-order valence-electron chi connectivity index (χ3n) is 4.89. The summed E-state index contributed by atoms with van der Waals surface area (Å²) in [6, 6.07) is 5.66. The maximum atomic E-state index is 13.8. The fraction of sp³-hybridized carbons (Fsp3) is 0.238. The summed E-state index contributed by atoms with van der Waals surface area (Å²) >= 11 is 0. The van der Waals surface area contributed by atoms with Gasteiger partial charge >= 0.3 is 0 Å². The zero-order chi connectivity index (χ0) is 22.3. The number of aromatic nitrogens is 5. The van der Waals surface area contributed by atoms with Crippen LogP contribution in [0.5, 0.6) is 0 Å². The lowest BCUT2D eigenvalue weighted by molar-refractivity contribution is -0.116. The number of anilines is 1. The van der Waals surface area contributed by atoms with Crippen LogP contribution in [-0.4, -0.2) is 30.5 Å². The second-order valence-corrected chi connectivity index (χ2v) is 7.25. The van der Waals surface area contributed by atoms with E-state index in [1.54, 1.807) is 43.9 Å². The van der Waals surface area contributed by atoms with E-state index in [0.717, 1.165) is 0 Å². The third-order valence-corrected chi connectivity index (χ3v) is 4.89. The second-order valence-electron chi connectivity index (χ2n) is 7.25. The molecule has 0 saturated carbocycles. The van der Waals surface area contributed by atoms with Crippen molar-refractivity contribution in [2.75, 3.05) is 5.32 Å². The zero-order valence-corrected chi connectivity index (χ0v) is 17.0. The van der Waals surface area contributed by atoms with Crippen LogP contribution in [0.25, 0.3) is 22.3 Å². The Morgan fingerprint density at radius 2 is 2.00 bits per heavy atom. The minimum absolute atomic E-state index is 0.166. The molecule has 1 aromatic carbocycles. The van der Waals surface area contributed by atoms with E-state index in [9.17, 15) is 18.0 Å². The Hall–Kier alpha value is -3.69. The minimum Gasteiger partial charge on any atom is -0.324 e. The summed E-state index contributed by atoms with van der Waals surface area (Å²) in [4.78, 5) is 17.0. The Balaban J connectivity index is 1.72. The molecule has 160 valence electrons. The monoisotopic (exact) mass is 428 g/mol. The van der Waals surface area contributed by atoms with Gasteiger partial charge in [-0.1, -0.05) is 6.07 Å². The number of nitrogens with one attached hydrogen (secondary N) is 1. The molecule has 3 aromatic heterocycles. The number of aryl methyl sites for hydroxylation is 3. The number of halogens is 3. The first-order chi connectivity index (χ1) is 14.7. The van der Waals surface area contributed by atoms with Gasteiger partial charge < -0.3 is 5.32 Å². The normalized spacial score (nSPS) is 11.5. The number of carbonyl (C=O) groups excluding carboxylic acids is 1. The van der Waals surface area contributed by atoms with E-state index in [4.69, 9.17) is 0 Å². The number of rotatable bonds is 5. The van der Waals surface area contributed by atoms with Gasteiger partial charge in [0.1, 0.15) is 12.4 Å². The number of hydrogen-bond acceptors (Lipinski definition) is 4. The summed E-state index contributed by atoms with van der Waals surface area (Å²) < 4.78 is 44.2. The van der Waals surface area contributed by atoms with Gasteiger partial charge in [-0.15, -0.1) is 0 Å². The summed E-state index contributed by atoms with van der Waals surface area (Å²) in [6.07, 6.45) is 0.437. The molecular formula is C21H19F3N6O. The van der Waals surface area contributed by atoms with E-state index in [1.807, 2.05) is 0 Å². The predicted octanol–water partition coefficient (Wildman–Crippen LogP) is 4.16. The SMILES string of the molecule is Cc1ccc(NC(=O)Cn2nc(C)c3c(C(F)F)cc(-c4cnn(C)c4)nc32)cc1F. The van der Waals surface area contributed by atoms with Gasteiger partial charge in [0.15, 0.2) is 5.65 Å². The van der Waals surface area contributed by atoms with Crippen molar-refractivity contribution in [3.63, 3.8) is 0 Å². The molecule has 0 aliphatic rings. The topological polar surface area (TPSA) is 77.6 Å². The molecule has 0 fully saturated rings. The van der Waals surface area contributed by atoms with Crippen molar-refractivity contribution in [2.24, 2.45) is 7.05 Å². The molecule has 3 heterocycles. The van der Waals surface area contributed by atoms with Crippen LogP contribution < -0.4 is 5.32 Å². The highest BCUT2D eigenvalue weighted by atomic mass is 19.3. The van der Waals surface area contributed by atoms with Crippen LogP contribution in [0.15, 0.2) is 36.7 Å². The van der Waals surface area contributed by atoms with Gasteiger partial charge in [-0.2, -0.15) is 10.2 Å². The van der Waals surface area contributed by atoms with Gasteiger partial charge in [-0.05, 0) is 37.6 Å². The Kier molecular flexibility index (Phi) is 5.22. The lowest BCUT2D eigenvalue weighted by Crippen LogP contribution is -2.20. The Morgan fingerprint density at radius 3 is 2.65 bits per heavy atom. The van der Waals surface area contributed by atoms with Crippen molar-refractivity contribution in [2.45, 2.75) is 26.8 Å². The van der Waals surface area contributed by atoms with Crippen LogP contribution in [0.3, 0.4) is 0 Å². The van der Waals surface area contributed by atoms with Crippen LogP contribution in [0.1, 0.15) is 23.2 Å². The Bertz CT molecular complexity index is 1290. The van der Waals surface area contributed by atoms with E-state index in [2.05, 4.69) is 20.5 Å². The number of pyridine rings is 1. The summed E-state index contributed by atoms with van der Waals surface area (Å²) in [6.45, 7) is 2.93. The molecule has 31 heavy (non-hydrogen) atoms. The molecule has 1 amide bonds. The number of alkyl halides is 2. The van der Waals surface area contributed by atoms with Crippen LogP contribution in [0, 0.1) is 19.7 Å². The van der Waals surface area contributed by atoms with Gasteiger partial charge in [0, 0.05) is 30.1 Å². The molecule has 7 nitrogen and oxygen atoms in total. The van der Waals surface area contributed by atoms with E-state index < -0.39 is 18.1 Å². The van der Waals surface area contributed by atoms with Crippen molar-refractivity contribution in [1.29, 1.82) is 0 Å². The molecule has 0 saturated heterocycles. The lowest BCUT2D eigenvalue weighted by Gasteiger charge is -2.09. The minimum atomic E-state index is -2.75. The largest absolute Gasteiger partial charge is 0.324 e.